The molecule has 1 aliphatic heterocycles. The molecule has 3 aliphatic rings. The summed E-state index contributed by atoms with van der Waals surface area (Å²) in [7, 11) is 0. The van der Waals surface area contributed by atoms with Gasteiger partial charge in [-0.25, -0.2) is 9.97 Å². The van der Waals surface area contributed by atoms with Crippen molar-refractivity contribution in [3.63, 3.8) is 0 Å². The predicted molar refractivity (Wildman–Crippen MR) is 121 cm³/mol. The van der Waals surface area contributed by atoms with Gasteiger partial charge in [-0.1, -0.05) is 32.1 Å². The lowest BCUT2D eigenvalue weighted by Gasteiger charge is -2.23. The topological polar surface area (TPSA) is 75.2 Å². The standard InChI is InChI=1S/C25H38N4O2/c1-17-22(15-23(30)28-21-10-4-3-5-11-21)18(2)27-25(26-17)20-12-13-29(16-20)24(31)14-19-8-6-7-9-19/h19-21H,3-16H2,1-2H3,(H,28,30)/t20-/m0/s1. The summed E-state index contributed by atoms with van der Waals surface area (Å²) in [6.07, 6.45) is 12.8. The molecule has 4 rings (SSSR count). The van der Waals surface area contributed by atoms with Crippen LogP contribution >= 0.6 is 0 Å². The summed E-state index contributed by atoms with van der Waals surface area (Å²) in [5.74, 6) is 2.02. The third kappa shape index (κ3) is 5.64. The number of hydrogen-bond acceptors (Lipinski definition) is 4. The van der Waals surface area contributed by atoms with Crippen LogP contribution in [0.1, 0.15) is 99.3 Å². The van der Waals surface area contributed by atoms with Gasteiger partial charge in [0.05, 0.1) is 6.42 Å². The van der Waals surface area contributed by atoms with Crippen LogP contribution in [0.25, 0.3) is 0 Å². The number of nitrogens with zero attached hydrogens (tertiary/aromatic N) is 3. The van der Waals surface area contributed by atoms with Crippen molar-refractivity contribution >= 4 is 11.8 Å². The number of rotatable bonds is 6. The van der Waals surface area contributed by atoms with Crippen LogP contribution < -0.4 is 5.32 Å². The van der Waals surface area contributed by atoms with E-state index in [-0.39, 0.29) is 11.8 Å². The van der Waals surface area contributed by atoms with E-state index in [2.05, 4.69) is 5.32 Å². The van der Waals surface area contributed by atoms with Gasteiger partial charge < -0.3 is 10.2 Å². The van der Waals surface area contributed by atoms with Crippen molar-refractivity contribution in [1.82, 2.24) is 20.2 Å². The Hall–Kier alpha value is -1.98. The highest BCUT2D eigenvalue weighted by atomic mass is 16.2. The number of nitrogens with one attached hydrogen (secondary N) is 1. The number of likely N-dealkylation sites (tertiary alicyclic amines) is 1. The molecule has 2 aliphatic carbocycles. The minimum absolute atomic E-state index is 0.0824. The molecule has 2 saturated carbocycles. The van der Waals surface area contributed by atoms with Gasteiger partial charge in [0.1, 0.15) is 5.82 Å². The highest BCUT2D eigenvalue weighted by Gasteiger charge is 2.31. The Morgan fingerprint density at radius 2 is 1.58 bits per heavy atom. The van der Waals surface area contributed by atoms with Crippen molar-refractivity contribution in [3.8, 4) is 0 Å². The maximum atomic E-state index is 12.7. The Balaban J connectivity index is 1.34. The second-order valence-electron chi connectivity index (χ2n) is 9.99. The van der Waals surface area contributed by atoms with Gasteiger partial charge in [0.25, 0.3) is 0 Å². The lowest BCUT2D eigenvalue weighted by Crippen LogP contribution is -2.37. The fraction of sp³-hybridized carbons (Fsp3) is 0.760. The number of carbonyl (C=O) groups excluding carboxylic acids is 2. The Kier molecular flexibility index (Phi) is 7.24. The summed E-state index contributed by atoms with van der Waals surface area (Å²) < 4.78 is 0. The molecule has 3 fully saturated rings. The number of aryl methyl sites for hydroxylation is 2. The van der Waals surface area contributed by atoms with Gasteiger partial charge in [0, 0.05) is 48.4 Å². The number of hydrogen-bond donors (Lipinski definition) is 1. The summed E-state index contributed by atoms with van der Waals surface area (Å²) >= 11 is 0. The average molecular weight is 427 g/mol. The molecule has 2 heterocycles. The van der Waals surface area contributed by atoms with Gasteiger partial charge in [0.2, 0.25) is 11.8 Å². The second-order valence-corrected chi connectivity index (χ2v) is 9.99. The molecule has 0 unspecified atom stereocenters. The lowest BCUT2D eigenvalue weighted by molar-refractivity contribution is -0.131. The lowest BCUT2D eigenvalue weighted by atomic mass is 9.95. The summed E-state index contributed by atoms with van der Waals surface area (Å²) in [5, 5.41) is 3.20. The van der Waals surface area contributed by atoms with Crippen molar-refractivity contribution in [2.75, 3.05) is 13.1 Å². The first-order valence-electron chi connectivity index (χ1n) is 12.4. The monoisotopic (exact) mass is 426 g/mol. The molecule has 0 aromatic carbocycles. The summed E-state index contributed by atoms with van der Waals surface area (Å²) in [4.78, 5) is 36.9. The molecule has 1 aromatic rings. The maximum Gasteiger partial charge on any atom is 0.224 e. The highest BCUT2D eigenvalue weighted by molar-refractivity contribution is 5.79. The van der Waals surface area contributed by atoms with Crippen LogP contribution in [0, 0.1) is 19.8 Å². The third-order valence-corrected chi connectivity index (χ3v) is 7.59. The molecule has 6 nitrogen and oxygen atoms in total. The van der Waals surface area contributed by atoms with Crippen LogP contribution in [-0.2, 0) is 16.0 Å². The molecule has 170 valence electrons. The van der Waals surface area contributed by atoms with Crippen molar-refractivity contribution in [1.29, 1.82) is 0 Å². The van der Waals surface area contributed by atoms with Crippen LogP contribution in [-0.4, -0.2) is 45.8 Å². The van der Waals surface area contributed by atoms with Crippen LogP contribution in [0.4, 0.5) is 0 Å². The van der Waals surface area contributed by atoms with Crippen molar-refractivity contribution in [3.05, 3.63) is 22.8 Å². The second kappa shape index (κ2) is 10.1. The van der Waals surface area contributed by atoms with E-state index >= 15 is 0 Å². The van der Waals surface area contributed by atoms with E-state index in [0.29, 0.717) is 30.7 Å². The van der Waals surface area contributed by atoms with E-state index in [1.807, 2.05) is 18.7 Å². The first kappa shape index (κ1) is 22.2. The highest BCUT2D eigenvalue weighted by Crippen LogP contribution is 2.31. The quantitative estimate of drug-likeness (QED) is 0.747. The Labute approximate surface area is 186 Å². The molecule has 1 atom stereocenters. The van der Waals surface area contributed by atoms with Crippen molar-refractivity contribution in [2.24, 2.45) is 5.92 Å². The van der Waals surface area contributed by atoms with E-state index < -0.39 is 0 Å². The van der Waals surface area contributed by atoms with E-state index in [1.54, 1.807) is 0 Å². The zero-order chi connectivity index (χ0) is 21.8. The maximum absolute atomic E-state index is 12.7. The first-order chi connectivity index (χ1) is 15.0. The Morgan fingerprint density at radius 1 is 0.935 bits per heavy atom. The first-order valence-corrected chi connectivity index (χ1v) is 12.4. The molecule has 0 bridgehead atoms. The zero-order valence-electron chi connectivity index (χ0n) is 19.3. The molecule has 6 heteroatoms. The Morgan fingerprint density at radius 3 is 2.26 bits per heavy atom. The zero-order valence-corrected chi connectivity index (χ0v) is 19.3. The minimum Gasteiger partial charge on any atom is -0.353 e. The summed E-state index contributed by atoms with van der Waals surface area (Å²) in [6.45, 7) is 5.51. The molecule has 1 saturated heterocycles. The number of carbonyl (C=O) groups is 2. The molecule has 1 aromatic heterocycles. The summed E-state index contributed by atoms with van der Waals surface area (Å²) in [5.41, 5.74) is 2.75. The van der Waals surface area contributed by atoms with Crippen LogP contribution in [0.15, 0.2) is 0 Å². The minimum atomic E-state index is 0.0824. The van der Waals surface area contributed by atoms with E-state index in [9.17, 15) is 9.59 Å². The van der Waals surface area contributed by atoms with E-state index in [1.165, 1.54) is 44.9 Å². The van der Waals surface area contributed by atoms with Crippen LogP contribution in [0.2, 0.25) is 0 Å². The fourth-order valence-electron chi connectivity index (χ4n) is 5.68. The average Bonchev–Trinajstić information content (AvgIpc) is 3.43. The largest absolute Gasteiger partial charge is 0.353 e. The molecular weight excluding hydrogens is 388 g/mol. The van der Waals surface area contributed by atoms with Crippen LogP contribution in [0.3, 0.4) is 0 Å². The van der Waals surface area contributed by atoms with Gasteiger partial charge in [0.15, 0.2) is 0 Å². The predicted octanol–water partition coefficient (Wildman–Crippen LogP) is 3.98. The van der Waals surface area contributed by atoms with Crippen molar-refractivity contribution < 1.29 is 9.59 Å². The third-order valence-electron chi connectivity index (χ3n) is 7.59. The molecular formula is C25H38N4O2. The molecule has 0 radical (unpaired) electrons. The fourth-order valence-corrected chi connectivity index (χ4v) is 5.68. The van der Waals surface area contributed by atoms with E-state index in [0.717, 1.165) is 55.1 Å². The van der Waals surface area contributed by atoms with Gasteiger partial charge >= 0.3 is 0 Å². The normalized spacial score (nSPS) is 22.8. The SMILES string of the molecule is Cc1nc([C@H]2CCN(C(=O)CC3CCCC3)C2)nc(C)c1CC(=O)NC1CCCCC1. The van der Waals surface area contributed by atoms with Gasteiger partial charge in [-0.3, -0.25) is 9.59 Å². The van der Waals surface area contributed by atoms with Gasteiger partial charge in [-0.15, -0.1) is 0 Å². The van der Waals surface area contributed by atoms with Crippen molar-refractivity contribution in [2.45, 2.75) is 103 Å². The molecule has 1 N–H and O–H groups in total. The Bertz CT molecular complexity index is 774. The molecule has 2 amide bonds. The smallest absolute Gasteiger partial charge is 0.224 e. The van der Waals surface area contributed by atoms with Crippen LogP contribution in [0.5, 0.6) is 0 Å². The summed E-state index contributed by atoms with van der Waals surface area (Å²) in [6, 6.07) is 0.327. The molecule has 31 heavy (non-hydrogen) atoms. The molecule has 0 spiro atoms. The van der Waals surface area contributed by atoms with Gasteiger partial charge in [-0.05, 0) is 51.9 Å². The van der Waals surface area contributed by atoms with Gasteiger partial charge in [-0.2, -0.15) is 0 Å². The number of amides is 2. The van der Waals surface area contributed by atoms with E-state index in [4.69, 9.17) is 9.97 Å². The number of aromatic nitrogens is 2.